The second-order valence-corrected chi connectivity index (χ2v) is 8.88. The lowest BCUT2D eigenvalue weighted by molar-refractivity contribution is -0.117. The molecule has 0 unspecified atom stereocenters. The predicted molar refractivity (Wildman–Crippen MR) is 122 cm³/mol. The summed E-state index contributed by atoms with van der Waals surface area (Å²) in [6, 6.07) is 16.1. The molecule has 0 aliphatic heterocycles. The van der Waals surface area contributed by atoms with Gasteiger partial charge in [-0.2, -0.15) is 0 Å². The van der Waals surface area contributed by atoms with Gasteiger partial charge in [-0.25, -0.2) is 0 Å². The predicted octanol–water partition coefficient (Wildman–Crippen LogP) is 5.31. The van der Waals surface area contributed by atoms with Crippen LogP contribution in [0.3, 0.4) is 0 Å². The number of aromatic nitrogens is 1. The van der Waals surface area contributed by atoms with Gasteiger partial charge < -0.3 is 15.8 Å². The molecule has 4 aromatic rings. The Hall–Kier alpha value is -2.63. The molecule has 0 saturated heterocycles. The molecular weight excluding hydrogens is 428 g/mol. The van der Waals surface area contributed by atoms with Gasteiger partial charge in [0.25, 0.3) is 0 Å². The number of halogens is 1. The van der Waals surface area contributed by atoms with Gasteiger partial charge in [0.1, 0.15) is 0 Å². The van der Waals surface area contributed by atoms with Crippen molar-refractivity contribution in [2.75, 3.05) is 0 Å². The summed E-state index contributed by atoms with van der Waals surface area (Å²) in [5, 5.41) is 12.5. The van der Waals surface area contributed by atoms with Gasteiger partial charge in [-0.05, 0) is 60.7 Å². The third kappa shape index (κ3) is 3.45. The van der Waals surface area contributed by atoms with Crippen molar-refractivity contribution in [3.8, 4) is 11.1 Å². The molecule has 0 atom stereocenters. The molecule has 3 aromatic carbocycles. The lowest BCUT2D eigenvalue weighted by Gasteiger charge is -2.17. The van der Waals surface area contributed by atoms with E-state index >= 15 is 0 Å². The SMILES string of the molecule is Cc1c(Br)cccc1-c1ccc(CC(N)=O)c2[nH]c3cc(C(C)(C)O)ccc3c12. The zero-order valence-electron chi connectivity index (χ0n) is 16.6. The number of carbonyl (C=O) groups is 1. The molecule has 1 heterocycles. The first-order valence-corrected chi connectivity index (χ1v) is 10.3. The number of hydrogen-bond donors (Lipinski definition) is 3. The summed E-state index contributed by atoms with van der Waals surface area (Å²) in [7, 11) is 0. The number of nitrogens with one attached hydrogen (secondary N) is 1. The summed E-state index contributed by atoms with van der Waals surface area (Å²) >= 11 is 3.63. The maximum Gasteiger partial charge on any atom is 0.221 e. The van der Waals surface area contributed by atoms with Crippen LogP contribution in [0.15, 0.2) is 53.0 Å². The Morgan fingerprint density at radius 2 is 1.90 bits per heavy atom. The molecule has 0 fully saturated rings. The average Bonchev–Trinajstić information content (AvgIpc) is 3.03. The van der Waals surface area contributed by atoms with Crippen LogP contribution in [0, 0.1) is 6.92 Å². The quantitative estimate of drug-likeness (QED) is 0.393. The summed E-state index contributed by atoms with van der Waals surface area (Å²) in [6.07, 6.45) is 0.166. The fraction of sp³-hybridized carbons (Fsp3) is 0.208. The number of aromatic amines is 1. The molecule has 4 nitrogen and oxygen atoms in total. The summed E-state index contributed by atoms with van der Waals surface area (Å²) in [5.41, 5.74) is 11.4. The number of benzene rings is 3. The summed E-state index contributed by atoms with van der Waals surface area (Å²) < 4.78 is 1.05. The molecule has 0 radical (unpaired) electrons. The third-order valence-corrected chi connectivity index (χ3v) is 6.33. The summed E-state index contributed by atoms with van der Waals surface area (Å²) in [6.45, 7) is 5.63. The molecule has 0 bridgehead atoms. The Kier molecular flexibility index (Phi) is 4.75. The van der Waals surface area contributed by atoms with E-state index in [2.05, 4.69) is 40.0 Å². The van der Waals surface area contributed by atoms with Crippen molar-refractivity contribution in [3.05, 3.63) is 69.7 Å². The van der Waals surface area contributed by atoms with E-state index in [1.807, 2.05) is 36.4 Å². The largest absolute Gasteiger partial charge is 0.386 e. The smallest absolute Gasteiger partial charge is 0.221 e. The highest BCUT2D eigenvalue weighted by molar-refractivity contribution is 9.10. The van der Waals surface area contributed by atoms with Crippen molar-refractivity contribution in [3.63, 3.8) is 0 Å². The van der Waals surface area contributed by atoms with Crippen molar-refractivity contribution in [1.82, 2.24) is 4.98 Å². The molecule has 0 aliphatic carbocycles. The monoisotopic (exact) mass is 450 g/mol. The molecular formula is C24H23BrN2O2. The maximum absolute atomic E-state index is 11.6. The third-order valence-electron chi connectivity index (χ3n) is 5.47. The molecule has 148 valence electrons. The number of aliphatic hydroxyl groups is 1. The van der Waals surface area contributed by atoms with Crippen LogP contribution < -0.4 is 5.73 Å². The van der Waals surface area contributed by atoms with Gasteiger partial charge in [-0.1, -0.05) is 52.3 Å². The topological polar surface area (TPSA) is 79.1 Å². The van der Waals surface area contributed by atoms with Gasteiger partial charge in [0.15, 0.2) is 0 Å². The van der Waals surface area contributed by atoms with Crippen molar-refractivity contribution >= 4 is 43.6 Å². The van der Waals surface area contributed by atoms with Crippen LogP contribution in [0.5, 0.6) is 0 Å². The lowest BCUT2D eigenvalue weighted by atomic mass is 9.92. The van der Waals surface area contributed by atoms with Gasteiger partial charge in [0.05, 0.1) is 17.5 Å². The van der Waals surface area contributed by atoms with Crippen LogP contribution >= 0.6 is 15.9 Å². The Labute approximate surface area is 177 Å². The van der Waals surface area contributed by atoms with Gasteiger partial charge in [0.2, 0.25) is 5.91 Å². The number of H-pyrrole nitrogens is 1. The molecule has 0 aliphatic rings. The minimum atomic E-state index is -0.939. The molecule has 0 saturated carbocycles. The molecule has 4 rings (SSSR count). The molecule has 1 amide bonds. The average molecular weight is 451 g/mol. The number of fused-ring (bicyclic) bond motifs is 3. The zero-order chi connectivity index (χ0) is 20.9. The van der Waals surface area contributed by atoms with Gasteiger partial charge >= 0.3 is 0 Å². The molecule has 0 spiro atoms. The number of hydrogen-bond acceptors (Lipinski definition) is 2. The second kappa shape index (κ2) is 7.01. The fourth-order valence-corrected chi connectivity index (χ4v) is 4.27. The highest BCUT2D eigenvalue weighted by atomic mass is 79.9. The van der Waals surface area contributed by atoms with Crippen LogP contribution in [-0.2, 0) is 16.8 Å². The zero-order valence-corrected chi connectivity index (χ0v) is 18.2. The first-order valence-electron chi connectivity index (χ1n) is 9.51. The highest BCUT2D eigenvalue weighted by Crippen LogP contribution is 2.40. The molecule has 1 aromatic heterocycles. The number of rotatable bonds is 4. The Balaban J connectivity index is 2.10. The van der Waals surface area contributed by atoms with Crippen LogP contribution in [0.1, 0.15) is 30.5 Å². The Bertz CT molecular complexity index is 1270. The van der Waals surface area contributed by atoms with E-state index in [1.165, 1.54) is 0 Å². The standard InChI is InChI=1S/C24H23BrN2O2/c1-13-16(5-4-6-19(13)25)17-9-7-14(11-21(26)28)23-22(17)18-10-8-15(24(2,3)29)12-20(18)27-23/h4-10,12,27,29H,11H2,1-3H3,(H2,26,28). The van der Waals surface area contributed by atoms with Gasteiger partial charge in [0, 0.05) is 20.8 Å². The first kappa shape index (κ1) is 19.7. The van der Waals surface area contributed by atoms with Crippen LogP contribution in [0.4, 0.5) is 0 Å². The number of primary amides is 1. The van der Waals surface area contributed by atoms with E-state index in [0.29, 0.717) is 0 Å². The Morgan fingerprint density at radius 1 is 1.14 bits per heavy atom. The molecule has 29 heavy (non-hydrogen) atoms. The fourth-order valence-electron chi connectivity index (χ4n) is 3.91. The second-order valence-electron chi connectivity index (χ2n) is 8.02. The molecule has 4 N–H and O–H groups in total. The highest BCUT2D eigenvalue weighted by Gasteiger charge is 2.20. The lowest BCUT2D eigenvalue weighted by Crippen LogP contribution is -2.14. The van der Waals surface area contributed by atoms with E-state index < -0.39 is 5.60 Å². The van der Waals surface area contributed by atoms with E-state index in [-0.39, 0.29) is 12.3 Å². The van der Waals surface area contributed by atoms with Crippen LogP contribution in [0.25, 0.3) is 32.9 Å². The summed E-state index contributed by atoms with van der Waals surface area (Å²) in [4.78, 5) is 15.1. The number of amides is 1. The van der Waals surface area contributed by atoms with E-state index in [4.69, 9.17) is 5.73 Å². The minimum absolute atomic E-state index is 0.166. The minimum Gasteiger partial charge on any atom is -0.386 e. The van der Waals surface area contributed by atoms with E-state index in [9.17, 15) is 9.90 Å². The number of carbonyl (C=O) groups excluding carboxylic acids is 1. The van der Waals surface area contributed by atoms with Gasteiger partial charge in [-0.15, -0.1) is 0 Å². The van der Waals surface area contributed by atoms with Crippen molar-refractivity contribution < 1.29 is 9.90 Å². The first-order chi connectivity index (χ1) is 13.7. The maximum atomic E-state index is 11.6. The summed E-state index contributed by atoms with van der Waals surface area (Å²) in [5.74, 6) is -0.367. The normalized spacial score (nSPS) is 12.0. The van der Waals surface area contributed by atoms with Crippen molar-refractivity contribution in [1.29, 1.82) is 0 Å². The van der Waals surface area contributed by atoms with Gasteiger partial charge in [-0.3, -0.25) is 4.79 Å². The number of nitrogens with two attached hydrogens (primary N) is 1. The molecule has 5 heteroatoms. The van der Waals surface area contributed by atoms with Crippen molar-refractivity contribution in [2.24, 2.45) is 5.73 Å². The van der Waals surface area contributed by atoms with Crippen LogP contribution in [-0.4, -0.2) is 16.0 Å². The van der Waals surface area contributed by atoms with E-state index in [0.717, 1.165) is 54.1 Å². The van der Waals surface area contributed by atoms with Crippen LogP contribution in [0.2, 0.25) is 0 Å². The van der Waals surface area contributed by atoms with Crippen molar-refractivity contribution in [2.45, 2.75) is 32.8 Å². The Morgan fingerprint density at radius 3 is 2.59 bits per heavy atom. The van der Waals surface area contributed by atoms with E-state index in [1.54, 1.807) is 13.8 Å².